The first-order valence-electron chi connectivity index (χ1n) is 20.5. The van der Waals surface area contributed by atoms with Crippen LogP contribution < -0.4 is 0 Å². The van der Waals surface area contributed by atoms with Crippen molar-refractivity contribution >= 4 is 23.4 Å². The number of amides is 1. The zero-order valence-corrected chi connectivity index (χ0v) is 34.4. The lowest BCUT2D eigenvalue weighted by Gasteiger charge is -2.46. The van der Waals surface area contributed by atoms with Crippen LogP contribution in [-0.4, -0.2) is 124 Å². The number of esters is 1. The Hall–Kier alpha value is -2.78. The first-order chi connectivity index (χ1) is 26.4. The van der Waals surface area contributed by atoms with E-state index >= 15 is 0 Å². The van der Waals surface area contributed by atoms with E-state index in [4.69, 9.17) is 18.9 Å². The Labute approximate surface area is 332 Å². The van der Waals surface area contributed by atoms with Gasteiger partial charge in [-0.25, -0.2) is 4.79 Å². The average molecular weight is 790 g/mol. The van der Waals surface area contributed by atoms with Crippen molar-refractivity contribution in [2.45, 2.75) is 160 Å². The molecule has 0 aromatic carbocycles. The molecule has 2 bridgehead atoms. The molecule has 2 saturated heterocycles. The van der Waals surface area contributed by atoms with Crippen LogP contribution in [0.15, 0.2) is 36.0 Å². The molecular formula is C43H67NO12. The SMILES string of the molecule is C=CC[C@@H]1/C=C(\C)C[C@H](C)C[C@H](O)[C@H]2O[C@@](O)(C(=O)C(=O)N3CCCC[C@H]3C(=O)O[C@H](/C(C)=C/[C@@H]3CC[C@@H](O)[C@H](OC)C3)[C@H](C)[C@@H](O)CC1=O)[C@H](C)C[C@@H]2OC. The summed E-state index contributed by atoms with van der Waals surface area (Å²) < 4.78 is 23.4. The van der Waals surface area contributed by atoms with E-state index in [2.05, 4.69) is 6.58 Å². The van der Waals surface area contributed by atoms with E-state index in [0.717, 1.165) is 10.5 Å². The summed E-state index contributed by atoms with van der Waals surface area (Å²) in [6.07, 6.45) is 3.34. The number of aliphatic hydroxyl groups is 4. The van der Waals surface area contributed by atoms with E-state index in [9.17, 15) is 39.6 Å². The highest BCUT2D eigenvalue weighted by molar-refractivity contribution is 6.39. The Morgan fingerprint density at radius 3 is 2.30 bits per heavy atom. The Balaban J connectivity index is 1.76. The third-order valence-electron chi connectivity index (χ3n) is 12.6. The molecule has 13 heteroatoms. The molecule has 1 saturated carbocycles. The zero-order chi connectivity index (χ0) is 41.5. The van der Waals surface area contributed by atoms with Crippen LogP contribution in [0.1, 0.15) is 105 Å². The fourth-order valence-electron chi connectivity index (χ4n) is 9.22. The molecule has 3 fully saturated rings. The van der Waals surface area contributed by atoms with Crippen LogP contribution in [-0.2, 0) is 38.1 Å². The average Bonchev–Trinajstić information content (AvgIpc) is 3.16. The molecule has 0 unspecified atom stereocenters. The minimum atomic E-state index is -2.59. The number of hydrogen-bond donors (Lipinski definition) is 4. The van der Waals surface area contributed by atoms with Crippen molar-refractivity contribution in [3.63, 3.8) is 0 Å². The number of aliphatic hydroxyl groups excluding tert-OH is 3. The normalized spacial score (nSPS) is 41.5. The van der Waals surface area contributed by atoms with Gasteiger partial charge in [0, 0.05) is 44.9 Å². The van der Waals surface area contributed by atoms with Crippen molar-refractivity contribution in [2.24, 2.45) is 29.6 Å². The summed E-state index contributed by atoms with van der Waals surface area (Å²) >= 11 is 0. The molecule has 0 aromatic heterocycles. The fourth-order valence-corrected chi connectivity index (χ4v) is 9.22. The molecule has 3 aliphatic heterocycles. The van der Waals surface area contributed by atoms with Crippen LogP contribution in [0, 0.1) is 29.6 Å². The number of methoxy groups -OCH3 is 2. The number of ether oxygens (including phenoxy) is 4. The first kappa shape index (κ1) is 45.9. The van der Waals surface area contributed by atoms with Gasteiger partial charge in [-0.2, -0.15) is 0 Å². The second-order valence-electron chi connectivity index (χ2n) is 17.1. The molecule has 1 amide bonds. The standard InChI is InChI=1S/C43H67NO12/c1-9-12-30-18-24(2)17-25(3)19-35(48)39-37(54-8)21-27(5)43(52,56-39)40(49)41(50)44-16-11-10-13-31(44)42(51)55-38(28(6)33(46)23-34(30)47)26(4)20-29-14-15-32(45)36(22-29)53-7/h9,18,20,25,27-33,35-39,45-46,48,52H,1,10-17,19,21-23H2,2-8H3/b24-18+,26-20+/t25-,27+,28+,29-,30+,31-,32+,33-,35-,36+,37-,38+,39+,43+/m0/s1. The minimum Gasteiger partial charge on any atom is -0.456 e. The molecule has 56 heavy (non-hydrogen) atoms. The highest BCUT2D eigenvalue weighted by Crippen LogP contribution is 2.39. The van der Waals surface area contributed by atoms with Gasteiger partial charge in [0.2, 0.25) is 5.79 Å². The number of carbonyl (C=O) groups excluding carboxylic acids is 4. The number of ketones is 2. The number of carbonyl (C=O) groups is 4. The molecule has 316 valence electrons. The minimum absolute atomic E-state index is 0.0192. The van der Waals surface area contributed by atoms with Gasteiger partial charge in [0.15, 0.2) is 0 Å². The zero-order valence-electron chi connectivity index (χ0n) is 34.4. The number of nitrogens with zero attached hydrogens (tertiary/aromatic N) is 1. The fraction of sp³-hybridized carbons (Fsp3) is 0.767. The maximum Gasteiger partial charge on any atom is 0.329 e. The summed E-state index contributed by atoms with van der Waals surface area (Å²) in [5.74, 6) is -8.24. The number of Topliss-reactive ketones (excluding diaryl/α,β-unsaturated/α-hetero) is 2. The van der Waals surface area contributed by atoms with E-state index in [0.29, 0.717) is 50.5 Å². The maximum absolute atomic E-state index is 14.2. The van der Waals surface area contributed by atoms with Gasteiger partial charge in [-0.3, -0.25) is 14.4 Å². The maximum atomic E-state index is 14.2. The summed E-state index contributed by atoms with van der Waals surface area (Å²) in [5, 5.41) is 45.4. The molecular weight excluding hydrogens is 722 g/mol. The van der Waals surface area contributed by atoms with Crippen molar-refractivity contribution in [1.29, 1.82) is 0 Å². The molecule has 4 N–H and O–H groups in total. The highest BCUT2D eigenvalue weighted by atomic mass is 16.7. The molecule has 4 rings (SSSR count). The first-order valence-corrected chi connectivity index (χ1v) is 20.5. The van der Waals surface area contributed by atoms with Crippen molar-refractivity contribution in [2.75, 3.05) is 20.8 Å². The number of hydrogen-bond acceptors (Lipinski definition) is 12. The molecule has 0 spiro atoms. The molecule has 1 aliphatic carbocycles. The van der Waals surface area contributed by atoms with Crippen molar-refractivity contribution in [3.05, 3.63) is 36.0 Å². The monoisotopic (exact) mass is 789 g/mol. The molecule has 0 aromatic rings. The van der Waals surface area contributed by atoms with E-state index in [1.807, 2.05) is 26.0 Å². The predicted molar refractivity (Wildman–Crippen MR) is 208 cm³/mol. The number of rotatable bonds is 6. The number of fused-ring (bicyclic) bond motifs is 3. The summed E-state index contributed by atoms with van der Waals surface area (Å²) in [7, 11) is 3.01. The summed E-state index contributed by atoms with van der Waals surface area (Å²) in [6.45, 7) is 12.8. The van der Waals surface area contributed by atoms with Gasteiger partial charge >= 0.3 is 5.97 Å². The summed E-state index contributed by atoms with van der Waals surface area (Å²) in [4.78, 5) is 57.4. The Bertz CT molecular complexity index is 1460. The molecule has 3 heterocycles. The Morgan fingerprint density at radius 2 is 1.64 bits per heavy atom. The van der Waals surface area contributed by atoms with Gasteiger partial charge in [0.25, 0.3) is 11.7 Å². The van der Waals surface area contributed by atoms with Crippen molar-refractivity contribution < 1.29 is 58.6 Å². The number of allylic oxidation sites excluding steroid dienone is 4. The smallest absolute Gasteiger partial charge is 0.329 e. The van der Waals surface area contributed by atoms with Gasteiger partial charge in [-0.1, -0.05) is 44.6 Å². The molecule has 0 radical (unpaired) electrons. The Morgan fingerprint density at radius 1 is 0.946 bits per heavy atom. The van der Waals surface area contributed by atoms with Crippen molar-refractivity contribution in [1.82, 2.24) is 4.90 Å². The summed E-state index contributed by atoms with van der Waals surface area (Å²) in [5.41, 5.74) is 1.53. The van der Waals surface area contributed by atoms with Gasteiger partial charge in [0.05, 0.1) is 30.5 Å². The van der Waals surface area contributed by atoms with Gasteiger partial charge < -0.3 is 44.3 Å². The van der Waals surface area contributed by atoms with Crippen LogP contribution in [0.5, 0.6) is 0 Å². The van der Waals surface area contributed by atoms with Gasteiger partial charge in [0.1, 0.15) is 24.0 Å². The number of piperidine rings is 1. The second-order valence-corrected chi connectivity index (χ2v) is 17.1. The lowest BCUT2D eigenvalue weighted by atomic mass is 9.81. The van der Waals surface area contributed by atoms with Crippen molar-refractivity contribution in [3.8, 4) is 0 Å². The van der Waals surface area contributed by atoms with Crippen LogP contribution in [0.4, 0.5) is 0 Å². The molecule has 13 nitrogen and oxygen atoms in total. The molecule has 14 atom stereocenters. The highest BCUT2D eigenvalue weighted by Gasteiger charge is 2.56. The van der Waals surface area contributed by atoms with Crippen LogP contribution in [0.2, 0.25) is 0 Å². The quantitative estimate of drug-likeness (QED) is 0.172. The molecule has 4 aliphatic rings. The lowest BCUT2D eigenvalue weighted by molar-refractivity contribution is -0.301. The second kappa shape index (κ2) is 20.3. The summed E-state index contributed by atoms with van der Waals surface area (Å²) in [6, 6.07) is -1.17. The van der Waals surface area contributed by atoms with Crippen LogP contribution in [0.3, 0.4) is 0 Å². The van der Waals surface area contributed by atoms with E-state index in [-0.39, 0.29) is 56.0 Å². The Kier molecular flexibility index (Phi) is 16.6. The number of cyclic esters (lactones) is 1. The van der Waals surface area contributed by atoms with E-state index < -0.39 is 83.9 Å². The lowest BCUT2D eigenvalue weighted by Crippen LogP contribution is -2.64. The van der Waals surface area contributed by atoms with Crippen LogP contribution >= 0.6 is 0 Å². The van der Waals surface area contributed by atoms with Gasteiger partial charge in [-0.15, -0.1) is 6.58 Å². The largest absolute Gasteiger partial charge is 0.456 e. The van der Waals surface area contributed by atoms with Gasteiger partial charge in [-0.05, 0) is 95.5 Å². The predicted octanol–water partition coefficient (Wildman–Crippen LogP) is 3.98. The van der Waals surface area contributed by atoms with E-state index in [1.165, 1.54) is 7.11 Å². The van der Waals surface area contributed by atoms with Crippen LogP contribution in [0.25, 0.3) is 0 Å². The van der Waals surface area contributed by atoms with E-state index in [1.54, 1.807) is 34.0 Å². The third kappa shape index (κ3) is 10.8. The topological polar surface area (TPSA) is 189 Å². The third-order valence-corrected chi connectivity index (χ3v) is 12.6.